The average Bonchev–Trinajstić information content (AvgIpc) is 2.96. The first-order valence-corrected chi connectivity index (χ1v) is 7.95. The molecule has 0 amide bonds. The van der Waals surface area contributed by atoms with Crippen molar-refractivity contribution < 1.29 is 14.3 Å². The number of halogens is 2. The molecule has 3 N–H and O–H groups in total. The molecule has 1 aliphatic rings. The first-order chi connectivity index (χ1) is 11.3. The molecule has 0 aliphatic carbocycles. The van der Waals surface area contributed by atoms with Crippen LogP contribution in [0.2, 0.25) is 0 Å². The molecule has 6 nitrogen and oxygen atoms in total. The molecule has 2 aromatic rings. The Labute approximate surface area is 150 Å². The third-order valence-corrected chi connectivity index (χ3v) is 4.66. The predicted octanol–water partition coefficient (Wildman–Crippen LogP) is 2.13. The van der Waals surface area contributed by atoms with Gasteiger partial charge in [0.15, 0.2) is 0 Å². The van der Waals surface area contributed by atoms with E-state index < -0.39 is 17.2 Å². The van der Waals surface area contributed by atoms with E-state index in [1.54, 1.807) is 10.6 Å². The SMILES string of the molecule is CCn1cc(C(=O)O)c(=O)c2c(C)c(F)c(N3CCC(N)C3)cc21.Cl. The van der Waals surface area contributed by atoms with Crippen molar-refractivity contribution in [3.8, 4) is 0 Å². The van der Waals surface area contributed by atoms with Gasteiger partial charge in [0.2, 0.25) is 5.43 Å². The van der Waals surface area contributed by atoms with Gasteiger partial charge in [0.05, 0.1) is 16.6 Å². The lowest BCUT2D eigenvalue weighted by Gasteiger charge is -2.22. The molecule has 1 unspecified atom stereocenters. The van der Waals surface area contributed by atoms with Crippen LogP contribution in [0.5, 0.6) is 0 Å². The first kappa shape index (κ1) is 19.2. The second-order valence-corrected chi connectivity index (χ2v) is 6.19. The quantitative estimate of drug-likeness (QED) is 0.865. The van der Waals surface area contributed by atoms with Crippen LogP contribution in [0.1, 0.15) is 29.3 Å². The highest BCUT2D eigenvalue weighted by atomic mass is 35.5. The molecule has 0 saturated carbocycles. The second kappa shape index (κ2) is 7.01. The van der Waals surface area contributed by atoms with E-state index in [2.05, 4.69) is 0 Å². The Morgan fingerprint density at radius 2 is 2.16 bits per heavy atom. The lowest BCUT2D eigenvalue weighted by atomic mass is 10.0. The van der Waals surface area contributed by atoms with E-state index >= 15 is 0 Å². The largest absolute Gasteiger partial charge is 0.477 e. The van der Waals surface area contributed by atoms with Gasteiger partial charge in [0.1, 0.15) is 11.4 Å². The highest BCUT2D eigenvalue weighted by Gasteiger charge is 2.25. The van der Waals surface area contributed by atoms with Crippen LogP contribution in [0, 0.1) is 12.7 Å². The summed E-state index contributed by atoms with van der Waals surface area (Å²) >= 11 is 0. The smallest absolute Gasteiger partial charge is 0.341 e. The zero-order chi connectivity index (χ0) is 17.6. The fraction of sp³-hybridized carbons (Fsp3) is 0.412. The number of aryl methyl sites for hydroxylation is 2. The minimum atomic E-state index is -1.31. The minimum absolute atomic E-state index is 0. The Bertz CT molecular complexity index is 897. The maximum absolute atomic E-state index is 14.9. The summed E-state index contributed by atoms with van der Waals surface area (Å²) in [4.78, 5) is 25.7. The van der Waals surface area contributed by atoms with Gasteiger partial charge in [0.25, 0.3) is 0 Å². The van der Waals surface area contributed by atoms with Crippen molar-refractivity contribution in [2.24, 2.45) is 5.73 Å². The monoisotopic (exact) mass is 369 g/mol. The number of rotatable bonds is 3. The van der Waals surface area contributed by atoms with E-state index in [4.69, 9.17) is 5.73 Å². The van der Waals surface area contributed by atoms with E-state index in [0.29, 0.717) is 30.8 Å². The number of hydrogen-bond acceptors (Lipinski definition) is 4. The van der Waals surface area contributed by atoms with Gasteiger partial charge in [-0.15, -0.1) is 12.4 Å². The summed E-state index contributed by atoms with van der Waals surface area (Å²) in [5, 5.41) is 9.36. The number of aromatic carboxylic acids is 1. The number of pyridine rings is 1. The number of anilines is 1. The van der Waals surface area contributed by atoms with Crippen LogP contribution in [0.3, 0.4) is 0 Å². The lowest BCUT2D eigenvalue weighted by molar-refractivity contribution is 0.0695. The van der Waals surface area contributed by atoms with Crippen molar-refractivity contribution >= 4 is 35.0 Å². The topological polar surface area (TPSA) is 88.6 Å². The number of benzene rings is 1. The molecule has 1 atom stereocenters. The van der Waals surface area contributed by atoms with Gasteiger partial charge in [-0.1, -0.05) is 0 Å². The molecule has 1 saturated heterocycles. The van der Waals surface area contributed by atoms with Gasteiger partial charge in [-0.05, 0) is 26.3 Å². The van der Waals surface area contributed by atoms with E-state index in [1.165, 1.54) is 13.1 Å². The minimum Gasteiger partial charge on any atom is -0.477 e. The standard InChI is InChI=1S/C17H20FN3O3.ClH/c1-3-20-8-11(17(23)24)16(22)14-9(2)15(18)13(6-12(14)20)21-5-4-10(19)7-21;/h6,8,10H,3-5,7,19H2,1-2H3,(H,23,24);1H. The molecular weight excluding hydrogens is 349 g/mol. The molecule has 0 spiro atoms. The molecule has 0 radical (unpaired) electrons. The van der Waals surface area contributed by atoms with Crippen LogP contribution in [-0.4, -0.2) is 34.8 Å². The summed E-state index contributed by atoms with van der Waals surface area (Å²) in [5.41, 5.74) is 6.05. The fourth-order valence-electron chi connectivity index (χ4n) is 3.34. The van der Waals surface area contributed by atoms with E-state index in [0.717, 1.165) is 6.42 Å². The lowest BCUT2D eigenvalue weighted by Crippen LogP contribution is -2.27. The van der Waals surface area contributed by atoms with Crippen molar-refractivity contribution in [2.75, 3.05) is 18.0 Å². The molecule has 8 heteroatoms. The Kier molecular flexibility index (Phi) is 5.39. The Morgan fingerprint density at radius 1 is 1.48 bits per heavy atom. The van der Waals surface area contributed by atoms with Crippen molar-refractivity contribution in [3.05, 3.63) is 39.4 Å². The van der Waals surface area contributed by atoms with Gasteiger partial charge >= 0.3 is 5.97 Å². The molecule has 136 valence electrons. The molecular formula is C17H21ClFN3O3. The van der Waals surface area contributed by atoms with Crippen molar-refractivity contribution in [2.45, 2.75) is 32.9 Å². The highest BCUT2D eigenvalue weighted by Crippen LogP contribution is 2.31. The van der Waals surface area contributed by atoms with Gasteiger partial charge in [-0.25, -0.2) is 9.18 Å². The molecule has 1 fully saturated rings. The third-order valence-electron chi connectivity index (χ3n) is 4.66. The van der Waals surface area contributed by atoms with Gasteiger partial charge in [-0.2, -0.15) is 0 Å². The van der Waals surface area contributed by atoms with E-state index in [9.17, 15) is 19.1 Å². The van der Waals surface area contributed by atoms with Crippen molar-refractivity contribution in [1.29, 1.82) is 0 Å². The van der Waals surface area contributed by atoms with Crippen LogP contribution in [0.15, 0.2) is 17.1 Å². The van der Waals surface area contributed by atoms with Crippen LogP contribution in [-0.2, 0) is 6.54 Å². The van der Waals surface area contributed by atoms with Crippen LogP contribution >= 0.6 is 12.4 Å². The van der Waals surface area contributed by atoms with Crippen molar-refractivity contribution in [1.82, 2.24) is 4.57 Å². The molecule has 3 rings (SSSR count). The molecule has 25 heavy (non-hydrogen) atoms. The van der Waals surface area contributed by atoms with E-state index in [-0.39, 0.29) is 35.0 Å². The number of hydrogen-bond donors (Lipinski definition) is 2. The first-order valence-electron chi connectivity index (χ1n) is 7.95. The third kappa shape index (κ3) is 3.09. The highest BCUT2D eigenvalue weighted by molar-refractivity contribution is 5.95. The van der Waals surface area contributed by atoms with Gasteiger partial charge in [0, 0.05) is 37.4 Å². The molecule has 1 aliphatic heterocycles. The van der Waals surface area contributed by atoms with Crippen molar-refractivity contribution in [3.63, 3.8) is 0 Å². The Balaban J connectivity index is 0.00000225. The second-order valence-electron chi connectivity index (χ2n) is 6.19. The molecule has 2 heterocycles. The summed E-state index contributed by atoms with van der Waals surface area (Å²) in [6, 6.07) is 1.63. The number of fused-ring (bicyclic) bond motifs is 1. The van der Waals surface area contributed by atoms with Gasteiger partial charge < -0.3 is 20.3 Å². The summed E-state index contributed by atoms with van der Waals surface area (Å²) in [5.74, 6) is -1.79. The maximum Gasteiger partial charge on any atom is 0.341 e. The zero-order valence-corrected chi connectivity index (χ0v) is 14.9. The van der Waals surface area contributed by atoms with Crippen LogP contribution in [0.4, 0.5) is 10.1 Å². The Morgan fingerprint density at radius 3 is 2.68 bits per heavy atom. The fourth-order valence-corrected chi connectivity index (χ4v) is 3.34. The number of nitrogens with zero attached hydrogens (tertiary/aromatic N) is 2. The van der Waals surface area contributed by atoms with Crippen LogP contribution in [0.25, 0.3) is 10.9 Å². The number of nitrogens with two attached hydrogens (primary N) is 1. The normalized spacial score (nSPS) is 17.0. The summed E-state index contributed by atoms with van der Waals surface area (Å²) < 4.78 is 16.6. The molecule has 1 aromatic carbocycles. The summed E-state index contributed by atoms with van der Waals surface area (Å²) in [6.45, 7) is 5.06. The molecule has 1 aromatic heterocycles. The van der Waals surface area contributed by atoms with Crippen LogP contribution < -0.4 is 16.1 Å². The summed E-state index contributed by atoms with van der Waals surface area (Å²) in [6.07, 6.45) is 2.11. The number of carboxylic acid groups (broad SMARTS) is 1. The summed E-state index contributed by atoms with van der Waals surface area (Å²) in [7, 11) is 0. The molecule has 0 bridgehead atoms. The maximum atomic E-state index is 14.9. The van der Waals surface area contributed by atoms with Gasteiger partial charge in [-0.3, -0.25) is 4.79 Å². The number of aromatic nitrogens is 1. The number of carbonyl (C=O) groups is 1. The van der Waals surface area contributed by atoms with E-state index in [1.807, 2.05) is 11.8 Å². The zero-order valence-electron chi connectivity index (χ0n) is 14.1. The Hall–Kier alpha value is -2.12. The number of carboxylic acids is 1. The predicted molar refractivity (Wildman–Crippen MR) is 97.6 cm³/mol. The average molecular weight is 370 g/mol.